The summed E-state index contributed by atoms with van der Waals surface area (Å²) in [6, 6.07) is 12.8. The summed E-state index contributed by atoms with van der Waals surface area (Å²) < 4.78 is 14.3. The number of nitrogens with zero attached hydrogens (tertiary/aromatic N) is 12. The summed E-state index contributed by atoms with van der Waals surface area (Å²) in [4.78, 5) is 57.7. The smallest absolute Gasteiger partial charge is 0.870 e. The minimum absolute atomic E-state index is 0. The van der Waals surface area contributed by atoms with E-state index < -0.39 is 0 Å². The molecule has 20 nitrogen and oxygen atoms in total. The monoisotopic (exact) mass is 997 g/mol. The van der Waals surface area contributed by atoms with Crippen LogP contribution < -0.4 is 35.2 Å². The van der Waals surface area contributed by atoms with Crippen molar-refractivity contribution in [1.29, 1.82) is 0 Å². The van der Waals surface area contributed by atoms with Crippen molar-refractivity contribution in [2.24, 2.45) is 19.8 Å². The minimum Gasteiger partial charge on any atom is -0.870 e. The molecule has 0 bridgehead atoms. The van der Waals surface area contributed by atoms with E-state index in [1.54, 1.807) is 34.2 Å². The first-order chi connectivity index (χ1) is 34.5. The molecule has 0 saturated carbocycles. The normalized spacial score (nSPS) is 15.1. The van der Waals surface area contributed by atoms with Gasteiger partial charge in [0.05, 0.1) is 30.0 Å². The number of nitrogens with one attached hydrogen (secondary N) is 2. The predicted octanol–water partition coefficient (Wildman–Crippen LogP) is 6.38. The largest absolute Gasteiger partial charge is 1.00 e. The quantitative estimate of drug-likeness (QED) is 0.0580. The third-order valence-electron chi connectivity index (χ3n) is 12.3. The molecule has 6 heterocycles. The van der Waals surface area contributed by atoms with Crippen LogP contribution in [-0.4, -0.2) is 77.0 Å². The van der Waals surface area contributed by atoms with Gasteiger partial charge in [0.25, 0.3) is 0 Å². The Kier molecular flexibility index (Phi) is 18.7. The summed E-state index contributed by atoms with van der Waals surface area (Å²) in [6.45, 7) is 12.0. The number of hydrogen-bond acceptors (Lipinski definition) is 18. The SMILES string of the molecule is CC(C)(C)c1ncc([C-]=O)o1.Cn1cc(Nc2ncnc(-c3ccc4c(c3)CCCC[C@H]4CC(=O)c3cnc(C(C)(C)C)o3)n2)cn1.Cn1cc(Nc2ncnc(-c3ccc4c(c3)CCCC[C@H]4N)n2)cn1.[Li+].[OH-]. The number of rotatable bonds is 10. The maximum absolute atomic E-state index is 13.1. The van der Waals surface area contributed by atoms with E-state index in [1.165, 1.54) is 53.9 Å². The van der Waals surface area contributed by atoms with Crippen LogP contribution >= 0.6 is 0 Å². The van der Waals surface area contributed by atoms with E-state index in [1.807, 2.05) is 80.2 Å². The molecule has 5 N–H and O–H groups in total. The first-order valence-corrected chi connectivity index (χ1v) is 24.2. The van der Waals surface area contributed by atoms with Crippen molar-refractivity contribution in [1.82, 2.24) is 59.4 Å². The van der Waals surface area contributed by atoms with E-state index in [-0.39, 0.29) is 58.7 Å². The number of carbonyl (C=O) groups is 1. The number of ketones is 1. The van der Waals surface area contributed by atoms with Gasteiger partial charge in [-0.05, 0) is 78.8 Å². The van der Waals surface area contributed by atoms with Crippen LogP contribution in [0.15, 0.2) is 95.1 Å². The third-order valence-corrected chi connectivity index (χ3v) is 12.3. The van der Waals surface area contributed by atoms with E-state index >= 15 is 0 Å². The zero-order chi connectivity index (χ0) is 51.0. The molecule has 0 spiro atoms. The summed E-state index contributed by atoms with van der Waals surface area (Å²) in [5.41, 5.74) is 14.5. The molecule has 2 aliphatic carbocycles. The van der Waals surface area contributed by atoms with E-state index in [2.05, 4.69) is 85.0 Å². The Balaban J connectivity index is 0.000000203. The first-order valence-electron chi connectivity index (χ1n) is 24.2. The molecule has 21 heteroatoms. The van der Waals surface area contributed by atoms with Crippen LogP contribution in [0.2, 0.25) is 0 Å². The van der Waals surface area contributed by atoms with Crippen molar-refractivity contribution in [3.8, 4) is 22.8 Å². The first kappa shape index (κ1) is 56.1. The van der Waals surface area contributed by atoms with Crippen molar-refractivity contribution >= 4 is 35.3 Å². The average Bonchev–Trinajstić information content (AvgIpc) is 4.18. The molecule has 2 atom stereocenters. The van der Waals surface area contributed by atoms with Gasteiger partial charge in [0.1, 0.15) is 12.7 Å². The van der Waals surface area contributed by atoms with Gasteiger partial charge in [-0.2, -0.15) is 20.2 Å². The fraction of sp³-hybridized carbons (Fsp3) is 0.396. The molecule has 2 aliphatic rings. The number of oxazole rings is 2. The number of benzene rings is 2. The second-order valence-electron chi connectivity index (χ2n) is 20.2. The number of fused-ring (bicyclic) bond motifs is 2. The number of aromatic nitrogens is 12. The summed E-state index contributed by atoms with van der Waals surface area (Å²) in [6.07, 6.45) is 23.8. The van der Waals surface area contributed by atoms with Gasteiger partial charge in [-0.1, -0.05) is 84.8 Å². The average molecular weight is 997 g/mol. The van der Waals surface area contributed by atoms with Crippen LogP contribution in [0.4, 0.5) is 23.3 Å². The Morgan fingerprint density at radius 3 is 1.69 bits per heavy atom. The Morgan fingerprint density at radius 1 is 0.689 bits per heavy atom. The number of aryl methyl sites for hydroxylation is 4. The van der Waals surface area contributed by atoms with Gasteiger partial charge in [0.15, 0.2) is 35.0 Å². The molecule has 0 radical (unpaired) electrons. The summed E-state index contributed by atoms with van der Waals surface area (Å²) in [7, 11) is 3.72. The third kappa shape index (κ3) is 14.5. The van der Waals surface area contributed by atoms with Crippen molar-refractivity contribution in [2.45, 2.75) is 122 Å². The zero-order valence-corrected chi connectivity index (χ0v) is 43.6. The van der Waals surface area contributed by atoms with Crippen LogP contribution in [-0.2, 0) is 42.6 Å². The van der Waals surface area contributed by atoms with Crippen LogP contribution in [0.25, 0.3) is 22.8 Å². The summed E-state index contributed by atoms with van der Waals surface area (Å²) in [5, 5.41) is 14.6. The van der Waals surface area contributed by atoms with Gasteiger partial charge in [-0.3, -0.25) is 14.2 Å². The maximum atomic E-state index is 13.1. The van der Waals surface area contributed by atoms with Crippen molar-refractivity contribution < 1.29 is 42.8 Å². The Morgan fingerprint density at radius 2 is 1.20 bits per heavy atom. The van der Waals surface area contributed by atoms with Gasteiger partial charge < -0.3 is 40.5 Å². The van der Waals surface area contributed by atoms with Gasteiger partial charge >= 0.3 is 18.9 Å². The summed E-state index contributed by atoms with van der Waals surface area (Å²) >= 11 is 0. The van der Waals surface area contributed by atoms with Crippen LogP contribution in [0.1, 0.15) is 149 Å². The van der Waals surface area contributed by atoms with Crippen LogP contribution in [0.3, 0.4) is 0 Å². The number of carbonyl (C=O) groups excluding carboxylic acids is 2. The molecule has 2 aromatic carbocycles. The molecule has 8 aromatic rings. The molecular weight excluding hydrogens is 934 g/mol. The van der Waals surface area contributed by atoms with Crippen molar-refractivity contribution in [2.75, 3.05) is 10.6 Å². The molecule has 6 aromatic heterocycles. The van der Waals surface area contributed by atoms with Gasteiger partial charge in [-0.25, -0.2) is 24.9 Å². The Bertz CT molecular complexity index is 3130. The number of hydrogen-bond donors (Lipinski definition) is 3. The molecule has 0 amide bonds. The van der Waals surface area contributed by atoms with Crippen molar-refractivity contribution in [3.63, 3.8) is 0 Å². The molecule has 0 unspecified atom stereocenters. The van der Waals surface area contributed by atoms with Crippen molar-refractivity contribution in [3.05, 3.63) is 132 Å². The number of Topliss-reactive ketones (excluding diaryl/α,β-unsaturated/α-hetero) is 1. The molecule has 0 aliphatic heterocycles. The number of nitrogens with two attached hydrogens (primary N) is 1. The molecule has 0 saturated heterocycles. The second kappa shape index (κ2) is 24.7. The molecule has 10 rings (SSSR count). The van der Waals surface area contributed by atoms with Gasteiger partial charge in [-0.15, -0.1) is 0 Å². The Hall–Kier alpha value is -7.24. The summed E-state index contributed by atoms with van der Waals surface area (Å²) in [5.74, 6) is 4.04. The molecular formula is C53H63LiN15O5-. The number of anilines is 4. The van der Waals surface area contributed by atoms with E-state index in [4.69, 9.17) is 14.6 Å². The van der Waals surface area contributed by atoms with E-state index in [9.17, 15) is 9.59 Å². The molecule has 0 fully saturated rings. The fourth-order valence-electron chi connectivity index (χ4n) is 8.55. The standard InChI is InChI=1S/C27H31N7O2.C18H21N7.C8H10NO2.Li.H2O/c1-27(2,3)25-28-14-23(36-25)22(35)12-18-8-6-5-7-17-11-19(9-10-21(17)18)24-29-16-30-26(33-24)32-20-13-31-34(4)15-20;1-25-10-14(9-22-25)23-18-21-11-20-17(24-18)13-6-7-15-12(8-13)4-2-3-5-16(15)19;1-8(2,3)7-9-4-6(5-10)11-7;;/h9-11,13-16,18H,5-8,12H2,1-4H3,(H,29,30,32,33);6-11,16H,2-5,19H2,1H3,(H,20,21,23,24);4H,1-3H3;;1H2/q;;-1;+1;/p-1/t18-;16-;;;/m01.../s1. The van der Waals surface area contributed by atoms with Crippen LogP contribution in [0, 0.1) is 0 Å². The maximum Gasteiger partial charge on any atom is 1.00 e. The van der Waals surface area contributed by atoms with E-state index in [0.29, 0.717) is 47.5 Å². The van der Waals surface area contributed by atoms with Gasteiger partial charge in [0, 0.05) is 73.0 Å². The zero-order valence-electron chi connectivity index (χ0n) is 43.6. The van der Waals surface area contributed by atoms with Crippen LogP contribution in [0.5, 0.6) is 0 Å². The van der Waals surface area contributed by atoms with Gasteiger partial charge in [0.2, 0.25) is 11.9 Å². The second-order valence-corrected chi connectivity index (χ2v) is 20.2. The predicted molar refractivity (Wildman–Crippen MR) is 274 cm³/mol. The topological polar surface area (TPSA) is 279 Å². The molecule has 382 valence electrons. The minimum atomic E-state index is -0.230. The Labute approximate surface area is 442 Å². The van der Waals surface area contributed by atoms with E-state index in [0.717, 1.165) is 61.0 Å². The fourth-order valence-corrected chi connectivity index (χ4v) is 8.55. The molecule has 74 heavy (non-hydrogen) atoms.